The SMILES string of the molecule is COC(=O)CC1C(=O)NCCN1C(=O)c1ccc(F)cc1. The number of carbonyl (C=O) groups excluding carboxylic acids is 3. The average Bonchev–Trinajstić information content (AvgIpc) is 2.49. The molecule has 1 N–H and O–H groups in total. The number of piperazine rings is 1. The molecule has 21 heavy (non-hydrogen) atoms. The van der Waals surface area contributed by atoms with Crippen molar-refractivity contribution in [1.29, 1.82) is 0 Å². The monoisotopic (exact) mass is 294 g/mol. The van der Waals surface area contributed by atoms with E-state index in [1.54, 1.807) is 0 Å². The second-order valence-electron chi connectivity index (χ2n) is 4.59. The van der Waals surface area contributed by atoms with E-state index in [-0.39, 0.29) is 18.5 Å². The molecule has 1 saturated heterocycles. The number of rotatable bonds is 3. The molecule has 7 heteroatoms. The van der Waals surface area contributed by atoms with E-state index < -0.39 is 29.6 Å². The number of nitrogens with zero attached hydrogens (tertiary/aromatic N) is 1. The maximum absolute atomic E-state index is 12.9. The fourth-order valence-corrected chi connectivity index (χ4v) is 2.16. The van der Waals surface area contributed by atoms with E-state index in [9.17, 15) is 18.8 Å². The number of halogens is 1. The lowest BCUT2D eigenvalue weighted by Crippen LogP contribution is -2.57. The summed E-state index contributed by atoms with van der Waals surface area (Å²) >= 11 is 0. The second-order valence-corrected chi connectivity index (χ2v) is 4.59. The van der Waals surface area contributed by atoms with Crippen LogP contribution in [0.25, 0.3) is 0 Å². The summed E-state index contributed by atoms with van der Waals surface area (Å²) in [4.78, 5) is 37.0. The van der Waals surface area contributed by atoms with E-state index in [0.717, 1.165) is 0 Å². The Kier molecular flexibility index (Phi) is 4.52. The molecule has 1 aliphatic rings. The molecular formula is C14H15FN2O4. The summed E-state index contributed by atoms with van der Waals surface area (Å²) in [5, 5.41) is 2.61. The third-order valence-corrected chi connectivity index (χ3v) is 3.27. The lowest BCUT2D eigenvalue weighted by molar-refractivity contribution is -0.145. The van der Waals surface area contributed by atoms with Crippen molar-refractivity contribution in [1.82, 2.24) is 10.2 Å². The Morgan fingerprint density at radius 3 is 2.67 bits per heavy atom. The topological polar surface area (TPSA) is 75.7 Å². The quantitative estimate of drug-likeness (QED) is 0.815. The second kappa shape index (κ2) is 6.34. The van der Waals surface area contributed by atoms with Gasteiger partial charge in [0.2, 0.25) is 5.91 Å². The number of ether oxygens (including phenoxy) is 1. The minimum Gasteiger partial charge on any atom is -0.469 e. The number of nitrogens with one attached hydrogen (secondary N) is 1. The van der Waals surface area contributed by atoms with Gasteiger partial charge in [-0.15, -0.1) is 0 Å². The predicted molar refractivity (Wildman–Crippen MR) is 70.9 cm³/mol. The largest absolute Gasteiger partial charge is 0.469 e. The Bertz CT molecular complexity index is 559. The van der Waals surface area contributed by atoms with Crippen molar-refractivity contribution in [2.75, 3.05) is 20.2 Å². The highest BCUT2D eigenvalue weighted by atomic mass is 19.1. The zero-order chi connectivity index (χ0) is 15.4. The summed E-state index contributed by atoms with van der Waals surface area (Å²) in [7, 11) is 1.22. The first-order valence-corrected chi connectivity index (χ1v) is 6.44. The van der Waals surface area contributed by atoms with Crippen LogP contribution >= 0.6 is 0 Å². The van der Waals surface area contributed by atoms with E-state index in [2.05, 4.69) is 10.1 Å². The molecule has 0 aliphatic carbocycles. The van der Waals surface area contributed by atoms with Crippen LogP contribution in [0.15, 0.2) is 24.3 Å². The predicted octanol–water partition coefficient (Wildman–Crippen LogP) is 0.329. The van der Waals surface area contributed by atoms with Gasteiger partial charge in [-0.3, -0.25) is 14.4 Å². The van der Waals surface area contributed by atoms with Crippen LogP contribution in [-0.2, 0) is 14.3 Å². The summed E-state index contributed by atoms with van der Waals surface area (Å²) < 4.78 is 17.4. The summed E-state index contributed by atoms with van der Waals surface area (Å²) in [5.74, 6) is -1.84. The molecule has 1 aromatic rings. The summed E-state index contributed by atoms with van der Waals surface area (Å²) in [6, 6.07) is 4.13. The molecule has 2 amide bonds. The highest BCUT2D eigenvalue weighted by molar-refractivity contribution is 5.99. The van der Waals surface area contributed by atoms with Crippen molar-refractivity contribution in [3.8, 4) is 0 Å². The number of esters is 1. The maximum Gasteiger partial charge on any atom is 0.308 e. The van der Waals surface area contributed by atoms with Crippen molar-refractivity contribution in [3.63, 3.8) is 0 Å². The van der Waals surface area contributed by atoms with E-state index in [4.69, 9.17) is 0 Å². The first kappa shape index (κ1) is 15.0. The standard InChI is InChI=1S/C14H15FN2O4/c1-21-12(18)8-11-13(19)16-6-7-17(11)14(20)9-2-4-10(15)5-3-9/h2-5,11H,6-8H2,1H3,(H,16,19). The first-order chi connectivity index (χ1) is 10.0. The summed E-state index contributed by atoms with van der Waals surface area (Å²) in [5.41, 5.74) is 0.265. The van der Waals surface area contributed by atoms with Gasteiger partial charge in [-0.1, -0.05) is 0 Å². The van der Waals surface area contributed by atoms with Gasteiger partial charge in [-0.25, -0.2) is 4.39 Å². The molecule has 1 unspecified atom stereocenters. The van der Waals surface area contributed by atoms with Gasteiger partial charge in [0.1, 0.15) is 11.9 Å². The van der Waals surface area contributed by atoms with Gasteiger partial charge in [0.05, 0.1) is 13.5 Å². The molecule has 1 aromatic carbocycles. The lowest BCUT2D eigenvalue weighted by Gasteiger charge is -2.34. The molecule has 0 aromatic heterocycles. The van der Waals surface area contributed by atoms with Crippen LogP contribution in [0.5, 0.6) is 0 Å². The zero-order valence-electron chi connectivity index (χ0n) is 11.5. The number of benzene rings is 1. The molecule has 0 spiro atoms. The molecule has 112 valence electrons. The molecule has 0 saturated carbocycles. The Balaban J connectivity index is 2.21. The Labute approximate surface area is 120 Å². The Morgan fingerprint density at radius 1 is 1.38 bits per heavy atom. The molecule has 1 atom stereocenters. The molecule has 2 rings (SSSR count). The molecular weight excluding hydrogens is 279 g/mol. The molecule has 1 heterocycles. The van der Waals surface area contributed by atoms with Gasteiger partial charge in [-0.05, 0) is 24.3 Å². The van der Waals surface area contributed by atoms with Gasteiger partial charge in [0.25, 0.3) is 5.91 Å². The van der Waals surface area contributed by atoms with Crippen LogP contribution in [0.2, 0.25) is 0 Å². The van der Waals surface area contributed by atoms with Crippen LogP contribution in [0.3, 0.4) is 0 Å². The summed E-state index contributed by atoms with van der Waals surface area (Å²) in [6.07, 6.45) is -0.213. The Hall–Kier alpha value is -2.44. The van der Waals surface area contributed by atoms with Gasteiger partial charge in [0.15, 0.2) is 0 Å². The van der Waals surface area contributed by atoms with Gasteiger partial charge >= 0.3 is 5.97 Å². The molecule has 0 bridgehead atoms. The Morgan fingerprint density at radius 2 is 2.05 bits per heavy atom. The van der Waals surface area contributed by atoms with E-state index in [0.29, 0.717) is 6.54 Å². The lowest BCUT2D eigenvalue weighted by atomic mass is 10.1. The maximum atomic E-state index is 12.9. The number of amides is 2. The fraction of sp³-hybridized carbons (Fsp3) is 0.357. The van der Waals surface area contributed by atoms with Crippen molar-refractivity contribution >= 4 is 17.8 Å². The third kappa shape index (κ3) is 3.36. The van der Waals surface area contributed by atoms with Crippen molar-refractivity contribution in [2.45, 2.75) is 12.5 Å². The van der Waals surface area contributed by atoms with Crippen molar-refractivity contribution in [2.24, 2.45) is 0 Å². The smallest absolute Gasteiger partial charge is 0.308 e. The van der Waals surface area contributed by atoms with E-state index in [1.165, 1.54) is 36.3 Å². The van der Waals surface area contributed by atoms with Crippen LogP contribution in [-0.4, -0.2) is 48.9 Å². The number of methoxy groups -OCH3 is 1. The van der Waals surface area contributed by atoms with Gasteiger partial charge in [-0.2, -0.15) is 0 Å². The van der Waals surface area contributed by atoms with Crippen LogP contribution in [0, 0.1) is 5.82 Å². The van der Waals surface area contributed by atoms with E-state index in [1.807, 2.05) is 0 Å². The number of carbonyl (C=O) groups is 3. The van der Waals surface area contributed by atoms with Crippen LogP contribution < -0.4 is 5.32 Å². The van der Waals surface area contributed by atoms with Crippen molar-refractivity contribution in [3.05, 3.63) is 35.6 Å². The zero-order valence-corrected chi connectivity index (χ0v) is 11.5. The molecule has 1 aliphatic heterocycles. The van der Waals surface area contributed by atoms with Crippen LogP contribution in [0.1, 0.15) is 16.8 Å². The molecule has 1 fully saturated rings. The molecule has 0 radical (unpaired) electrons. The minimum absolute atomic E-state index is 0.213. The fourth-order valence-electron chi connectivity index (χ4n) is 2.16. The van der Waals surface area contributed by atoms with Gasteiger partial charge < -0.3 is 15.0 Å². The van der Waals surface area contributed by atoms with E-state index >= 15 is 0 Å². The van der Waals surface area contributed by atoms with Gasteiger partial charge in [0, 0.05) is 18.7 Å². The summed E-state index contributed by atoms with van der Waals surface area (Å²) in [6.45, 7) is 0.590. The highest BCUT2D eigenvalue weighted by Crippen LogP contribution is 2.15. The number of hydrogen-bond acceptors (Lipinski definition) is 4. The normalized spacial score (nSPS) is 18.1. The average molecular weight is 294 g/mol. The van der Waals surface area contributed by atoms with Crippen molar-refractivity contribution < 1.29 is 23.5 Å². The number of hydrogen-bond donors (Lipinski definition) is 1. The first-order valence-electron chi connectivity index (χ1n) is 6.44. The van der Waals surface area contributed by atoms with Crippen LogP contribution in [0.4, 0.5) is 4.39 Å². The minimum atomic E-state index is -0.913. The molecule has 6 nitrogen and oxygen atoms in total. The third-order valence-electron chi connectivity index (χ3n) is 3.27. The highest BCUT2D eigenvalue weighted by Gasteiger charge is 2.35.